The number of nitrogens with zero attached hydrogens (tertiary/aromatic N) is 1. The number of benzene rings is 4. The van der Waals surface area contributed by atoms with Gasteiger partial charge in [-0.1, -0.05) is 121 Å². The average molecular weight is 466 g/mol. The summed E-state index contributed by atoms with van der Waals surface area (Å²) in [5.41, 5.74) is 9.68. The molecule has 0 saturated carbocycles. The molecule has 0 fully saturated rings. The highest BCUT2D eigenvalue weighted by molar-refractivity contribution is 5.96. The van der Waals surface area contributed by atoms with Gasteiger partial charge in [0, 0.05) is 18.4 Å². The molecule has 5 rings (SSSR count). The topological polar surface area (TPSA) is 4.93 Å². The largest absolute Gasteiger partial charge is 0.351 e. The van der Waals surface area contributed by atoms with Gasteiger partial charge in [-0.15, -0.1) is 0 Å². The highest BCUT2D eigenvalue weighted by Gasteiger charge is 2.12. The molecule has 0 saturated heterocycles. The monoisotopic (exact) mass is 465 g/mol. The molecule has 0 atom stereocenters. The van der Waals surface area contributed by atoms with Gasteiger partial charge in [0.1, 0.15) is 0 Å². The number of aromatic nitrogens is 1. The van der Waals surface area contributed by atoms with E-state index in [-0.39, 0.29) is 0 Å². The first-order valence-corrected chi connectivity index (χ1v) is 12.6. The molecule has 0 aliphatic carbocycles. The van der Waals surface area contributed by atoms with E-state index in [1.807, 2.05) is 0 Å². The first kappa shape index (κ1) is 23.4. The Bertz CT molecular complexity index is 1260. The molecule has 4 aromatic carbocycles. The van der Waals surface area contributed by atoms with Crippen molar-refractivity contribution >= 4 is 23.3 Å². The molecule has 1 heterocycles. The van der Waals surface area contributed by atoms with E-state index < -0.39 is 0 Å². The van der Waals surface area contributed by atoms with Crippen molar-refractivity contribution in [2.45, 2.75) is 19.9 Å². The van der Waals surface area contributed by atoms with Crippen molar-refractivity contribution in [3.05, 3.63) is 167 Å². The Morgan fingerprint density at radius 2 is 0.750 bits per heavy atom. The zero-order valence-corrected chi connectivity index (χ0v) is 20.9. The summed E-state index contributed by atoms with van der Waals surface area (Å²) in [5, 5.41) is 0. The fourth-order valence-electron chi connectivity index (χ4n) is 4.50. The van der Waals surface area contributed by atoms with Crippen molar-refractivity contribution in [1.82, 2.24) is 4.57 Å². The SMILES string of the molecule is CC(C)n1cc(C=C(c2ccccc2)c2ccccc2)c(C=C(c2ccccc2)c2ccccc2)c1. The summed E-state index contributed by atoms with van der Waals surface area (Å²) in [6.07, 6.45) is 9.22. The standard InChI is InChI=1S/C35H31N/c1-27(2)36-25-32(23-34(28-15-7-3-8-16-28)29-17-9-4-10-18-29)33(26-36)24-35(30-19-11-5-12-20-30)31-21-13-6-14-22-31/h3-27H,1-2H3. The van der Waals surface area contributed by atoms with Crippen molar-refractivity contribution in [3.63, 3.8) is 0 Å². The van der Waals surface area contributed by atoms with Gasteiger partial charge in [-0.05, 0) is 70.5 Å². The van der Waals surface area contributed by atoms with Gasteiger partial charge < -0.3 is 4.57 Å². The lowest BCUT2D eigenvalue weighted by molar-refractivity contribution is 0.603. The van der Waals surface area contributed by atoms with Crippen LogP contribution in [0.1, 0.15) is 53.3 Å². The molecule has 1 heteroatoms. The third-order valence-electron chi connectivity index (χ3n) is 6.44. The van der Waals surface area contributed by atoms with Crippen LogP contribution >= 0.6 is 0 Å². The lowest BCUT2D eigenvalue weighted by Crippen LogP contribution is -1.95. The lowest BCUT2D eigenvalue weighted by Gasteiger charge is -2.10. The first-order valence-electron chi connectivity index (χ1n) is 12.6. The maximum atomic E-state index is 2.34. The van der Waals surface area contributed by atoms with E-state index in [1.165, 1.54) is 44.5 Å². The van der Waals surface area contributed by atoms with Crippen LogP contribution in [0.5, 0.6) is 0 Å². The smallest absolute Gasteiger partial charge is 0.0274 e. The minimum Gasteiger partial charge on any atom is -0.351 e. The zero-order chi connectivity index (χ0) is 24.7. The van der Waals surface area contributed by atoms with Crippen LogP contribution in [0, 0.1) is 0 Å². The van der Waals surface area contributed by atoms with Crippen molar-refractivity contribution in [1.29, 1.82) is 0 Å². The van der Waals surface area contributed by atoms with E-state index in [9.17, 15) is 0 Å². The van der Waals surface area contributed by atoms with Crippen LogP contribution < -0.4 is 0 Å². The van der Waals surface area contributed by atoms with Crippen LogP contribution in [0.15, 0.2) is 134 Å². The molecule has 5 aromatic rings. The van der Waals surface area contributed by atoms with E-state index in [2.05, 4.69) is 164 Å². The highest BCUT2D eigenvalue weighted by atomic mass is 15.0. The first-order chi connectivity index (χ1) is 17.7. The fourth-order valence-corrected chi connectivity index (χ4v) is 4.50. The Morgan fingerprint density at radius 1 is 0.472 bits per heavy atom. The van der Waals surface area contributed by atoms with Crippen LogP contribution in [0.2, 0.25) is 0 Å². The normalized spacial score (nSPS) is 10.8. The van der Waals surface area contributed by atoms with Gasteiger partial charge in [0.05, 0.1) is 0 Å². The summed E-state index contributed by atoms with van der Waals surface area (Å²) in [7, 11) is 0. The molecule has 0 radical (unpaired) electrons. The van der Waals surface area contributed by atoms with E-state index in [4.69, 9.17) is 0 Å². The van der Waals surface area contributed by atoms with E-state index >= 15 is 0 Å². The van der Waals surface area contributed by atoms with Gasteiger partial charge in [0.2, 0.25) is 0 Å². The molecule has 0 spiro atoms. The summed E-state index contributed by atoms with van der Waals surface area (Å²) >= 11 is 0. The van der Waals surface area contributed by atoms with Crippen LogP contribution in [-0.4, -0.2) is 4.57 Å². The minimum atomic E-state index is 0.369. The minimum absolute atomic E-state index is 0.369. The molecule has 0 amide bonds. The predicted molar refractivity (Wildman–Crippen MR) is 155 cm³/mol. The molecule has 176 valence electrons. The number of hydrogen-bond donors (Lipinski definition) is 0. The summed E-state index contributed by atoms with van der Waals surface area (Å²) in [4.78, 5) is 0. The quantitative estimate of drug-likeness (QED) is 0.226. The zero-order valence-electron chi connectivity index (χ0n) is 20.9. The third kappa shape index (κ3) is 5.31. The van der Waals surface area contributed by atoms with Crippen molar-refractivity contribution in [2.24, 2.45) is 0 Å². The molecule has 1 nitrogen and oxygen atoms in total. The highest BCUT2D eigenvalue weighted by Crippen LogP contribution is 2.32. The second-order valence-corrected chi connectivity index (χ2v) is 9.29. The molecule has 36 heavy (non-hydrogen) atoms. The molecule has 0 N–H and O–H groups in total. The molecular weight excluding hydrogens is 434 g/mol. The van der Waals surface area contributed by atoms with E-state index in [0.29, 0.717) is 6.04 Å². The molecule has 1 aromatic heterocycles. The fraction of sp³-hybridized carbons (Fsp3) is 0.0857. The molecule has 0 aliphatic rings. The summed E-state index contributed by atoms with van der Waals surface area (Å²) in [6, 6.07) is 43.0. The maximum Gasteiger partial charge on any atom is 0.0274 e. The predicted octanol–water partition coefficient (Wildman–Crippen LogP) is 9.25. The second kappa shape index (κ2) is 10.9. The van der Waals surface area contributed by atoms with Gasteiger partial charge in [0.25, 0.3) is 0 Å². The average Bonchev–Trinajstić information content (AvgIpc) is 3.35. The van der Waals surface area contributed by atoms with Gasteiger partial charge >= 0.3 is 0 Å². The Hall–Kier alpha value is -4.36. The molecule has 0 unspecified atom stereocenters. The Labute approximate surface area is 214 Å². The Morgan fingerprint density at radius 3 is 1.00 bits per heavy atom. The van der Waals surface area contributed by atoms with Crippen LogP contribution in [0.4, 0.5) is 0 Å². The maximum absolute atomic E-state index is 2.34. The Balaban J connectivity index is 1.72. The van der Waals surface area contributed by atoms with Gasteiger partial charge in [0.15, 0.2) is 0 Å². The van der Waals surface area contributed by atoms with Crippen LogP contribution in [0.3, 0.4) is 0 Å². The van der Waals surface area contributed by atoms with E-state index in [0.717, 1.165) is 0 Å². The van der Waals surface area contributed by atoms with Crippen molar-refractivity contribution < 1.29 is 0 Å². The van der Waals surface area contributed by atoms with Gasteiger partial charge in [-0.2, -0.15) is 0 Å². The summed E-state index contributed by atoms with van der Waals surface area (Å²) < 4.78 is 2.30. The van der Waals surface area contributed by atoms with Gasteiger partial charge in [-0.3, -0.25) is 0 Å². The molecule has 0 aliphatic heterocycles. The molecular formula is C35H31N. The second-order valence-electron chi connectivity index (χ2n) is 9.29. The summed E-state index contributed by atoms with van der Waals surface area (Å²) in [5.74, 6) is 0. The van der Waals surface area contributed by atoms with Crippen molar-refractivity contribution in [2.75, 3.05) is 0 Å². The van der Waals surface area contributed by atoms with Crippen molar-refractivity contribution in [3.8, 4) is 0 Å². The third-order valence-corrected chi connectivity index (χ3v) is 6.44. The van der Waals surface area contributed by atoms with E-state index in [1.54, 1.807) is 0 Å². The van der Waals surface area contributed by atoms with Gasteiger partial charge in [-0.25, -0.2) is 0 Å². The number of hydrogen-bond acceptors (Lipinski definition) is 0. The van der Waals surface area contributed by atoms with Crippen LogP contribution in [0.25, 0.3) is 23.3 Å². The lowest BCUT2D eigenvalue weighted by atomic mass is 9.93. The Kier molecular flexibility index (Phi) is 7.10. The van der Waals surface area contributed by atoms with Crippen LogP contribution in [-0.2, 0) is 0 Å². The number of rotatable bonds is 7. The molecule has 0 bridgehead atoms. The summed E-state index contributed by atoms with van der Waals surface area (Å²) in [6.45, 7) is 4.46.